The van der Waals surface area contributed by atoms with Crippen LogP contribution >= 0.6 is 11.3 Å². The number of oxazole rings is 1. The standard InChI is InChI=1S/C10H9NO2S/c1-7(12)9-3-2-8(14-9)6-10-11-4-5-13-10/h2-5H,6H2,1H3. The van der Waals surface area contributed by atoms with Gasteiger partial charge in [-0.1, -0.05) is 0 Å². The normalized spacial score (nSPS) is 10.4. The van der Waals surface area contributed by atoms with Crippen LogP contribution in [-0.2, 0) is 6.42 Å². The molecule has 0 aliphatic heterocycles. The van der Waals surface area contributed by atoms with Gasteiger partial charge >= 0.3 is 0 Å². The third-order valence-electron chi connectivity index (χ3n) is 1.82. The fourth-order valence-corrected chi connectivity index (χ4v) is 2.05. The molecule has 0 amide bonds. The highest BCUT2D eigenvalue weighted by molar-refractivity contribution is 7.14. The van der Waals surface area contributed by atoms with E-state index >= 15 is 0 Å². The van der Waals surface area contributed by atoms with Crippen LogP contribution in [0.1, 0.15) is 27.4 Å². The van der Waals surface area contributed by atoms with Crippen LogP contribution in [0.2, 0.25) is 0 Å². The van der Waals surface area contributed by atoms with Crippen molar-refractivity contribution in [2.24, 2.45) is 0 Å². The lowest BCUT2D eigenvalue weighted by atomic mass is 10.3. The van der Waals surface area contributed by atoms with E-state index in [-0.39, 0.29) is 5.78 Å². The van der Waals surface area contributed by atoms with Gasteiger partial charge in [0.1, 0.15) is 6.26 Å². The second-order valence-electron chi connectivity index (χ2n) is 2.92. The topological polar surface area (TPSA) is 43.1 Å². The summed E-state index contributed by atoms with van der Waals surface area (Å²) in [7, 11) is 0. The van der Waals surface area contributed by atoms with Gasteiger partial charge in [-0.15, -0.1) is 11.3 Å². The second kappa shape index (κ2) is 3.75. The van der Waals surface area contributed by atoms with Crippen molar-refractivity contribution in [2.75, 3.05) is 0 Å². The number of hydrogen-bond donors (Lipinski definition) is 0. The first-order valence-corrected chi connectivity index (χ1v) is 5.05. The monoisotopic (exact) mass is 207 g/mol. The predicted octanol–water partition coefficient (Wildman–Crippen LogP) is 2.53. The molecule has 0 fully saturated rings. The molecule has 0 atom stereocenters. The van der Waals surface area contributed by atoms with Crippen molar-refractivity contribution >= 4 is 17.1 Å². The van der Waals surface area contributed by atoms with Crippen molar-refractivity contribution in [3.05, 3.63) is 40.2 Å². The van der Waals surface area contributed by atoms with Gasteiger partial charge in [0.15, 0.2) is 11.7 Å². The quantitative estimate of drug-likeness (QED) is 0.726. The molecule has 0 bridgehead atoms. The zero-order valence-corrected chi connectivity index (χ0v) is 8.50. The first kappa shape index (κ1) is 9.15. The molecule has 0 radical (unpaired) electrons. The summed E-state index contributed by atoms with van der Waals surface area (Å²) in [4.78, 5) is 16.9. The number of carbonyl (C=O) groups is 1. The van der Waals surface area contributed by atoms with Crippen LogP contribution in [0, 0.1) is 0 Å². The van der Waals surface area contributed by atoms with E-state index in [1.807, 2.05) is 12.1 Å². The maximum Gasteiger partial charge on any atom is 0.199 e. The van der Waals surface area contributed by atoms with E-state index in [1.165, 1.54) is 11.3 Å². The molecule has 0 saturated carbocycles. The third-order valence-corrected chi connectivity index (χ3v) is 3.00. The van der Waals surface area contributed by atoms with E-state index in [4.69, 9.17) is 4.42 Å². The molecule has 3 nitrogen and oxygen atoms in total. The Bertz CT molecular complexity index is 431. The molecule has 0 saturated heterocycles. The first-order chi connectivity index (χ1) is 6.75. The summed E-state index contributed by atoms with van der Waals surface area (Å²) in [6.45, 7) is 1.57. The molecular weight excluding hydrogens is 198 g/mol. The number of aromatic nitrogens is 1. The van der Waals surface area contributed by atoms with Gasteiger partial charge in [-0.05, 0) is 19.1 Å². The van der Waals surface area contributed by atoms with Crippen LogP contribution in [0.4, 0.5) is 0 Å². The Kier molecular flexibility index (Phi) is 2.45. The zero-order valence-electron chi connectivity index (χ0n) is 7.69. The van der Waals surface area contributed by atoms with Crippen molar-refractivity contribution in [3.8, 4) is 0 Å². The Hall–Kier alpha value is -1.42. The predicted molar refractivity (Wildman–Crippen MR) is 53.6 cm³/mol. The van der Waals surface area contributed by atoms with E-state index in [9.17, 15) is 4.79 Å². The van der Waals surface area contributed by atoms with Crippen LogP contribution in [0.25, 0.3) is 0 Å². The van der Waals surface area contributed by atoms with Gasteiger partial charge in [0.25, 0.3) is 0 Å². The van der Waals surface area contributed by atoms with E-state index < -0.39 is 0 Å². The first-order valence-electron chi connectivity index (χ1n) is 4.24. The summed E-state index contributed by atoms with van der Waals surface area (Å²) in [5.41, 5.74) is 0. The van der Waals surface area contributed by atoms with Gasteiger partial charge < -0.3 is 4.42 Å². The molecule has 72 valence electrons. The minimum Gasteiger partial charge on any atom is -0.449 e. The third kappa shape index (κ3) is 1.90. The molecule has 2 rings (SSSR count). The molecule has 2 aromatic heterocycles. The van der Waals surface area contributed by atoms with E-state index in [0.29, 0.717) is 12.3 Å². The molecule has 4 heteroatoms. The largest absolute Gasteiger partial charge is 0.449 e. The van der Waals surface area contributed by atoms with Crippen molar-refractivity contribution in [1.29, 1.82) is 0 Å². The highest BCUT2D eigenvalue weighted by atomic mass is 32.1. The minimum atomic E-state index is 0.105. The van der Waals surface area contributed by atoms with E-state index in [0.717, 1.165) is 9.75 Å². The minimum absolute atomic E-state index is 0.105. The van der Waals surface area contributed by atoms with Crippen LogP contribution in [0.3, 0.4) is 0 Å². The van der Waals surface area contributed by atoms with Crippen LogP contribution in [0.15, 0.2) is 29.0 Å². The number of nitrogens with zero attached hydrogens (tertiary/aromatic N) is 1. The van der Waals surface area contributed by atoms with Crippen molar-refractivity contribution in [2.45, 2.75) is 13.3 Å². The second-order valence-corrected chi connectivity index (χ2v) is 4.09. The fourth-order valence-electron chi connectivity index (χ4n) is 1.15. The summed E-state index contributed by atoms with van der Waals surface area (Å²) in [5, 5.41) is 0. The maximum atomic E-state index is 11.0. The molecule has 0 unspecified atom stereocenters. The number of Topliss-reactive ketones (excluding diaryl/α,β-unsaturated/α-hetero) is 1. The molecule has 2 heterocycles. The lowest BCUT2D eigenvalue weighted by Gasteiger charge is -1.89. The molecular formula is C10H9NO2S. The van der Waals surface area contributed by atoms with Crippen molar-refractivity contribution in [1.82, 2.24) is 4.98 Å². The smallest absolute Gasteiger partial charge is 0.199 e. The average Bonchev–Trinajstić information content (AvgIpc) is 2.75. The van der Waals surface area contributed by atoms with Crippen molar-refractivity contribution < 1.29 is 9.21 Å². The van der Waals surface area contributed by atoms with E-state index in [2.05, 4.69) is 4.98 Å². The summed E-state index contributed by atoms with van der Waals surface area (Å²) in [6, 6.07) is 3.77. The number of ketones is 1. The zero-order chi connectivity index (χ0) is 9.97. The SMILES string of the molecule is CC(=O)c1ccc(Cc2ncco2)s1. The maximum absolute atomic E-state index is 11.0. The molecule has 0 aliphatic rings. The van der Waals surface area contributed by atoms with Crippen molar-refractivity contribution in [3.63, 3.8) is 0 Å². The number of rotatable bonds is 3. The van der Waals surface area contributed by atoms with Crippen LogP contribution < -0.4 is 0 Å². The van der Waals surface area contributed by atoms with Gasteiger partial charge in [0.2, 0.25) is 0 Å². The van der Waals surface area contributed by atoms with Gasteiger partial charge in [-0.3, -0.25) is 4.79 Å². The van der Waals surface area contributed by atoms with Gasteiger partial charge in [-0.25, -0.2) is 4.98 Å². The Morgan fingerprint density at radius 1 is 1.57 bits per heavy atom. The molecule has 0 spiro atoms. The number of carbonyl (C=O) groups excluding carboxylic acids is 1. The van der Waals surface area contributed by atoms with E-state index in [1.54, 1.807) is 19.4 Å². The molecule has 2 aromatic rings. The summed E-state index contributed by atoms with van der Waals surface area (Å²) >= 11 is 1.49. The lowest BCUT2D eigenvalue weighted by Crippen LogP contribution is -1.84. The Morgan fingerprint density at radius 3 is 3.00 bits per heavy atom. The molecule has 0 N–H and O–H groups in total. The number of thiophene rings is 1. The Morgan fingerprint density at radius 2 is 2.43 bits per heavy atom. The van der Waals surface area contributed by atoms with Gasteiger partial charge in [-0.2, -0.15) is 0 Å². The van der Waals surface area contributed by atoms with Crippen LogP contribution in [-0.4, -0.2) is 10.8 Å². The highest BCUT2D eigenvalue weighted by Crippen LogP contribution is 2.19. The fraction of sp³-hybridized carbons (Fsp3) is 0.200. The summed E-state index contributed by atoms with van der Waals surface area (Å²) in [6.07, 6.45) is 3.83. The highest BCUT2D eigenvalue weighted by Gasteiger charge is 2.06. The molecule has 0 aromatic carbocycles. The van der Waals surface area contributed by atoms with Crippen LogP contribution in [0.5, 0.6) is 0 Å². The Labute approximate surface area is 85.4 Å². The Balaban J connectivity index is 2.14. The summed E-state index contributed by atoms with van der Waals surface area (Å²) < 4.78 is 5.12. The lowest BCUT2D eigenvalue weighted by molar-refractivity contribution is 0.102. The average molecular weight is 207 g/mol. The molecule has 0 aliphatic carbocycles. The summed E-state index contributed by atoms with van der Waals surface area (Å²) in [5.74, 6) is 0.788. The van der Waals surface area contributed by atoms with Gasteiger partial charge in [0, 0.05) is 4.88 Å². The van der Waals surface area contributed by atoms with Gasteiger partial charge in [0.05, 0.1) is 17.5 Å². The number of hydrogen-bond acceptors (Lipinski definition) is 4. The molecule has 14 heavy (non-hydrogen) atoms.